The van der Waals surface area contributed by atoms with E-state index in [0.717, 1.165) is 12.1 Å². The molecule has 0 spiro atoms. The zero-order valence-electron chi connectivity index (χ0n) is 10.3. The van der Waals surface area contributed by atoms with Crippen LogP contribution in [0, 0.1) is 11.8 Å². The number of carbonyl (C=O) groups is 2. The molecular formula is C12H17N3O3. The van der Waals surface area contributed by atoms with Gasteiger partial charge in [0.2, 0.25) is 5.91 Å². The SMILES string of the molecule is Cn1nccc1CNC(=O)[C@@H]1CCC[C@@H]1C(=O)O. The molecule has 98 valence electrons. The van der Waals surface area contributed by atoms with Gasteiger partial charge in [-0.3, -0.25) is 14.3 Å². The van der Waals surface area contributed by atoms with Crippen LogP contribution in [0.2, 0.25) is 0 Å². The minimum Gasteiger partial charge on any atom is -0.481 e. The van der Waals surface area contributed by atoms with E-state index < -0.39 is 17.8 Å². The first kappa shape index (κ1) is 12.6. The lowest BCUT2D eigenvalue weighted by molar-refractivity contribution is -0.146. The molecule has 0 bridgehead atoms. The summed E-state index contributed by atoms with van der Waals surface area (Å²) in [5.74, 6) is -1.96. The maximum absolute atomic E-state index is 12.0. The van der Waals surface area contributed by atoms with Gasteiger partial charge in [0.1, 0.15) is 0 Å². The molecule has 0 unspecified atom stereocenters. The number of nitrogens with zero attached hydrogens (tertiary/aromatic N) is 2. The van der Waals surface area contributed by atoms with Gasteiger partial charge in [-0.25, -0.2) is 0 Å². The van der Waals surface area contributed by atoms with Gasteiger partial charge >= 0.3 is 5.97 Å². The van der Waals surface area contributed by atoms with Crippen molar-refractivity contribution in [1.82, 2.24) is 15.1 Å². The number of aliphatic carboxylic acids is 1. The maximum atomic E-state index is 12.0. The number of rotatable bonds is 4. The molecule has 1 aliphatic rings. The lowest BCUT2D eigenvalue weighted by atomic mass is 9.95. The lowest BCUT2D eigenvalue weighted by Crippen LogP contribution is -2.35. The second kappa shape index (κ2) is 5.20. The van der Waals surface area contributed by atoms with Gasteiger partial charge in [-0.2, -0.15) is 5.10 Å². The Morgan fingerprint density at radius 2 is 2.22 bits per heavy atom. The van der Waals surface area contributed by atoms with Gasteiger partial charge < -0.3 is 10.4 Å². The van der Waals surface area contributed by atoms with E-state index in [4.69, 9.17) is 5.11 Å². The van der Waals surface area contributed by atoms with Gasteiger partial charge in [-0.15, -0.1) is 0 Å². The molecule has 1 saturated carbocycles. The highest BCUT2D eigenvalue weighted by Crippen LogP contribution is 2.32. The van der Waals surface area contributed by atoms with Gasteiger partial charge in [0.25, 0.3) is 0 Å². The molecule has 1 aliphatic carbocycles. The van der Waals surface area contributed by atoms with Crippen molar-refractivity contribution in [1.29, 1.82) is 0 Å². The third kappa shape index (κ3) is 2.52. The molecule has 1 fully saturated rings. The number of carboxylic acids is 1. The lowest BCUT2D eigenvalue weighted by Gasteiger charge is -2.15. The normalized spacial score (nSPS) is 22.9. The Morgan fingerprint density at radius 3 is 2.83 bits per heavy atom. The van der Waals surface area contributed by atoms with Crippen molar-refractivity contribution in [2.75, 3.05) is 0 Å². The van der Waals surface area contributed by atoms with E-state index in [-0.39, 0.29) is 5.91 Å². The molecule has 1 aromatic rings. The first-order valence-corrected chi connectivity index (χ1v) is 6.07. The number of aryl methyl sites for hydroxylation is 1. The summed E-state index contributed by atoms with van der Waals surface area (Å²) in [6.45, 7) is 0.387. The van der Waals surface area contributed by atoms with E-state index >= 15 is 0 Å². The average molecular weight is 251 g/mol. The topological polar surface area (TPSA) is 84.2 Å². The van der Waals surface area contributed by atoms with Crippen molar-refractivity contribution < 1.29 is 14.7 Å². The third-order valence-corrected chi connectivity index (χ3v) is 3.54. The fraction of sp³-hybridized carbons (Fsp3) is 0.583. The Bertz CT molecular complexity index is 455. The first-order valence-electron chi connectivity index (χ1n) is 6.07. The third-order valence-electron chi connectivity index (χ3n) is 3.54. The van der Waals surface area contributed by atoms with E-state index in [9.17, 15) is 9.59 Å². The van der Waals surface area contributed by atoms with Crippen LogP contribution >= 0.6 is 0 Å². The Kier molecular flexibility index (Phi) is 3.64. The minimum atomic E-state index is -0.867. The summed E-state index contributed by atoms with van der Waals surface area (Å²) in [6.07, 6.45) is 3.73. The molecule has 0 aliphatic heterocycles. The quantitative estimate of drug-likeness (QED) is 0.818. The van der Waals surface area contributed by atoms with Crippen LogP contribution in [0.25, 0.3) is 0 Å². The average Bonchev–Trinajstić information content (AvgIpc) is 2.94. The maximum Gasteiger partial charge on any atom is 0.307 e. The van der Waals surface area contributed by atoms with Gasteiger partial charge in [0, 0.05) is 13.2 Å². The second-order valence-electron chi connectivity index (χ2n) is 4.65. The second-order valence-corrected chi connectivity index (χ2v) is 4.65. The monoisotopic (exact) mass is 251 g/mol. The summed E-state index contributed by atoms with van der Waals surface area (Å²) in [5.41, 5.74) is 0.897. The Hall–Kier alpha value is -1.85. The molecule has 0 aromatic carbocycles. The number of amides is 1. The zero-order valence-corrected chi connectivity index (χ0v) is 10.3. The fourth-order valence-corrected chi connectivity index (χ4v) is 2.45. The largest absolute Gasteiger partial charge is 0.481 e. The fourth-order valence-electron chi connectivity index (χ4n) is 2.45. The van der Waals surface area contributed by atoms with Crippen LogP contribution in [-0.4, -0.2) is 26.8 Å². The Morgan fingerprint density at radius 1 is 1.50 bits per heavy atom. The molecule has 0 radical (unpaired) electrons. The van der Waals surface area contributed by atoms with Crippen molar-refractivity contribution in [3.8, 4) is 0 Å². The summed E-state index contributed by atoms with van der Waals surface area (Å²) in [6, 6.07) is 1.82. The van der Waals surface area contributed by atoms with Crippen molar-refractivity contribution >= 4 is 11.9 Å². The zero-order chi connectivity index (χ0) is 13.1. The van der Waals surface area contributed by atoms with Crippen LogP contribution in [0.3, 0.4) is 0 Å². The summed E-state index contributed by atoms with van der Waals surface area (Å²) in [4.78, 5) is 23.0. The highest BCUT2D eigenvalue weighted by atomic mass is 16.4. The van der Waals surface area contributed by atoms with Crippen LogP contribution in [-0.2, 0) is 23.2 Å². The minimum absolute atomic E-state index is 0.166. The summed E-state index contributed by atoms with van der Waals surface area (Å²) < 4.78 is 1.68. The van der Waals surface area contributed by atoms with Gasteiger partial charge in [-0.1, -0.05) is 6.42 Å². The standard InChI is InChI=1S/C12H17N3O3/c1-15-8(5-6-14-15)7-13-11(16)9-3-2-4-10(9)12(17)18/h5-6,9-10H,2-4,7H2,1H3,(H,13,16)(H,17,18)/t9-,10+/m1/s1. The van der Waals surface area contributed by atoms with Crippen LogP contribution in [0.5, 0.6) is 0 Å². The van der Waals surface area contributed by atoms with Crippen LogP contribution < -0.4 is 5.32 Å². The Balaban J connectivity index is 1.92. The van der Waals surface area contributed by atoms with Crippen molar-refractivity contribution in [2.45, 2.75) is 25.8 Å². The molecular weight excluding hydrogens is 234 g/mol. The molecule has 1 amide bonds. The number of hydrogen-bond donors (Lipinski definition) is 2. The summed E-state index contributed by atoms with van der Waals surface area (Å²) in [5, 5.41) is 15.8. The molecule has 6 nitrogen and oxygen atoms in total. The molecule has 18 heavy (non-hydrogen) atoms. The predicted octanol–water partition coefficient (Wildman–Crippen LogP) is 0.537. The molecule has 2 rings (SSSR count). The smallest absolute Gasteiger partial charge is 0.307 e. The van der Waals surface area contributed by atoms with E-state index in [1.807, 2.05) is 6.07 Å². The van der Waals surface area contributed by atoms with E-state index in [0.29, 0.717) is 19.4 Å². The predicted molar refractivity (Wildman–Crippen MR) is 63.5 cm³/mol. The molecule has 2 N–H and O–H groups in total. The molecule has 6 heteroatoms. The number of carbonyl (C=O) groups excluding carboxylic acids is 1. The van der Waals surface area contributed by atoms with E-state index in [1.54, 1.807) is 17.9 Å². The van der Waals surface area contributed by atoms with Crippen molar-refractivity contribution in [3.05, 3.63) is 18.0 Å². The number of carboxylic acid groups (broad SMARTS) is 1. The summed E-state index contributed by atoms with van der Waals surface area (Å²) >= 11 is 0. The highest BCUT2D eigenvalue weighted by molar-refractivity contribution is 5.85. The van der Waals surface area contributed by atoms with Crippen LogP contribution in [0.15, 0.2) is 12.3 Å². The summed E-state index contributed by atoms with van der Waals surface area (Å²) in [7, 11) is 1.80. The molecule has 0 saturated heterocycles. The first-order chi connectivity index (χ1) is 8.59. The molecule has 1 heterocycles. The van der Waals surface area contributed by atoms with Gasteiger partial charge in [0.15, 0.2) is 0 Å². The van der Waals surface area contributed by atoms with Crippen LogP contribution in [0.1, 0.15) is 25.0 Å². The van der Waals surface area contributed by atoms with Crippen LogP contribution in [0.4, 0.5) is 0 Å². The Labute approximate surface area is 105 Å². The van der Waals surface area contributed by atoms with E-state index in [1.165, 1.54) is 0 Å². The molecule has 1 aromatic heterocycles. The number of aromatic nitrogens is 2. The number of hydrogen-bond acceptors (Lipinski definition) is 3. The van der Waals surface area contributed by atoms with Gasteiger partial charge in [-0.05, 0) is 18.9 Å². The highest BCUT2D eigenvalue weighted by Gasteiger charge is 2.37. The van der Waals surface area contributed by atoms with Gasteiger partial charge in [0.05, 0.1) is 24.1 Å². The van der Waals surface area contributed by atoms with E-state index in [2.05, 4.69) is 10.4 Å². The van der Waals surface area contributed by atoms with Crippen molar-refractivity contribution in [3.63, 3.8) is 0 Å². The number of nitrogens with one attached hydrogen (secondary N) is 1. The van der Waals surface area contributed by atoms with Crippen molar-refractivity contribution in [2.24, 2.45) is 18.9 Å². The molecule has 2 atom stereocenters.